The summed E-state index contributed by atoms with van der Waals surface area (Å²) in [5, 5.41) is 5.33. The third kappa shape index (κ3) is 3.07. The molecule has 1 aromatic rings. The minimum absolute atomic E-state index is 0.142. The van der Waals surface area contributed by atoms with Gasteiger partial charge in [-0.25, -0.2) is 14.8 Å². The zero-order chi connectivity index (χ0) is 16.4. The first kappa shape index (κ1) is 15.9. The van der Waals surface area contributed by atoms with Gasteiger partial charge >= 0.3 is 6.03 Å². The molecule has 1 aliphatic heterocycles. The van der Waals surface area contributed by atoms with E-state index in [9.17, 15) is 9.59 Å². The molecule has 2 amide bonds. The van der Waals surface area contributed by atoms with Crippen LogP contribution in [0.1, 0.15) is 29.8 Å². The number of ketones is 1. The minimum atomic E-state index is -0.430. The molecule has 0 aromatic heterocycles. The van der Waals surface area contributed by atoms with E-state index in [0.29, 0.717) is 34.1 Å². The number of benzene rings is 1. The first-order chi connectivity index (χ1) is 10.3. The predicted molar refractivity (Wildman–Crippen MR) is 88.3 cm³/mol. The summed E-state index contributed by atoms with van der Waals surface area (Å²) in [4.78, 5) is 31.7. The van der Waals surface area contributed by atoms with Gasteiger partial charge in [0.05, 0.1) is 22.1 Å². The summed E-state index contributed by atoms with van der Waals surface area (Å²) in [5.74, 6) is 0.409. The van der Waals surface area contributed by atoms with Gasteiger partial charge in [-0.3, -0.25) is 4.79 Å². The number of nitrogens with one attached hydrogen (secondary N) is 2. The van der Waals surface area contributed by atoms with Crippen LogP contribution in [0.5, 0.6) is 0 Å². The predicted octanol–water partition coefficient (Wildman–Crippen LogP) is 3.03. The van der Waals surface area contributed by atoms with E-state index in [1.165, 1.54) is 20.0 Å². The van der Waals surface area contributed by atoms with Crippen LogP contribution in [0.25, 0.3) is 0 Å². The molecule has 7 heteroatoms. The van der Waals surface area contributed by atoms with Crippen LogP contribution in [0.15, 0.2) is 34.4 Å². The highest BCUT2D eigenvalue weighted by atomic mass is 35.5. The highest BCUT2D eigenvalue weighted by Crippen LogP contribution is 2.31. The van der Waals surface area contributed by atoms with Gasteiger partial charge in [-0.05, 0) is 26.0 Å². The molecule has 2 N–H and O–H groups in total. The summed E-state index contributed by atoms with van der Waals surface area (Å²) in [7, 11) is 1.49. The maximum Gasteiger partial charge on any atom is 0.319 e. The van der Waals surface area contributed by atoms with Crippen molar-refractivity contribution in [3.8, 4) is 0 Å². The van der Waals surface area contributed by atoms with Crippen LogP contribution < -0.4 is 10.6 Å². The van der Waals surface area contributed by atoms with E-state index in [4.69, 9.17) is 11.6 Å². The number of allylic oxidation sites excluding steroid dienone is 1. The normalized spacial score (nSPS) is 13.5. The molecular formula is C15H15ClN4O2. The first-order valence-corrected chi connectivity index (χ1v) is 6.88. The standard InChI is InChI=1S/C15H15ClN4O2/c1-7-13(19-9(3)18-7)11-5-10(8(2)21)6-12(16)14(11)20-15(22)17-4/h5-6H,1H2,2-4H3,(H2,17,20,22). The van der Waals surface area contributed by atoms with Gasteiger partial charge in [-0.15, -0.1) is 0 Å². The van der Waals surface area contributed by atoms with Crippen molar-refractivity contribution < 1.29 is 9.59 Å². The first-order valence-electron chi connectivity index (χ1n) is 6.50. The minimum Gasteiger partial charge on any atom is -0.341 e. The lowest BCUT2D eigenvalue weighted by atomic mass is 10.0. The summed E-state index contributed by atoms with van der Waals surface area (Å²) in [6.07, 6.45) is 0. The molecule has 0 saturated heterocycles. The number of carbonyl (C=O) groups excluding carboxylic acids is 2. The molecule has 2 rings (SSSR count). The molecule has 22 heavy (non-hydrogen) atoms. The molecule has 1 heterocycles. The largest absolute Gasteiger partial charge is 0.341 e. The number of aliphatic imine (C=N–C) groups is 2. The fraction of sp³-hybridized carbons (Fsp3) is 0.200. The second-order valence-corrected chi connectivity index (χ2v) is 5.11. The van der Waals surface area contributed by atoms with Crippen molar-refractivity contribution in [2.75, 3.05) is 12.4 Å². The summed E-state index contributed by atoms with van der Waals surface area (Å²) in [6.45, 7) is 7.01. The Morgan fingerprint density at radius 2 is 1.95 bits per heavy atom. The maximum absolute atomic E-state index is 11.7. The topological polar surface area (TPSA) is 82.9 Å². The van der Waals surface area contributed by atoms with E-state index in [2.05, 4.69) is 27.2 Å². The fourth-order valence-corrected chi connectivity index (χ4v) is 2.28. The molecule has 0 spiro atoms. The maximum atomic E-state index is 11.7. The fourth-order valence-electron chi connectivity index (χ4n) is 2.02. The number of hydrogen-bond acceptors (Lipinski definition) is 4. The van der Waals surface area contributed by atoms with Gasteiger partial charge in [0.25, 0.3) is 0 Å². The molecular weight excluding hydrogens is 304 g/mol. The quantitative estimate of drug-likeness (QED) is 0.840. The van der Waals surface area contributed by atoms with Crippen LogP contribution >= 0.6 is 11.6 Å². The van der Waals surface area contributed by atoms with Crippen LogP contribution in [0.3, 0.4) is 0 Å². The van der Waals surface area contributed by atoms with Crippen LogP contribution in [-0.2, 0) is 0 Å². The molecule has 1 aliphatic rings. The molecule has 6 nitrogen and oxygen atoms in total. The van der Waals surface area contributed by atoms with Crippen LogP contribution in [-0.4, -0.2) is 30.4 Å². The molecule has 0 radical (unpaired) electrons. The third-order valence-electron chi connectivity index (χ3n) is 3.06. The number of carbonyl (C=O) groups is 2. The van der Waals surface area contributed by atoms with E-state index in [1.807, 2.05) is 0 Å². The average molecular weight is 319 g/mol. The van der Waals surface area contributed by atoms with Crippen molar-refractivity contribution >= 4 is 40.6 Å². The number of amidine groups is 1. The Morgan fingerprint density at radius 1 is 1.27 bits per heavy atom. The summed E-state index contributed by atoms with van der Waals surface area (Å²) in [6, 6.07) is 2.70. The van der Waals surface area contributed by atoms with E-state index in [0.717, 1.165) is 0 Å². The number of rotatable bonds is 3. The summed E-state index contributed by atoms with van der Waals surface area (Å²) < 4.78 is 0. The van der Waals surface area contributed by atoms with Gasteiger partial charge in [0.15, 0.2) is 5.78 Å². The van der Waals surface area contributed by atoms with Crippen molar-refractivity contribution in [1.29, 1.82) is 0 Å². The molecule has 114 valence electrons. The molecule has 0 bridgehead atoms. The van der Waals surface area contributed by atoms with Gasteiger partial charge in [-0.2, -0.15) is 0 Å². The smallest absolute Gasteiger partial charge is 0.319 e. The van der Waals surface area contributed by atoms with Crippen molar-refractivity contribution in [3.63, 3.8) is 0 Å². The molecule has 0 fully saturated rings. The molecule has 1 aromatic carbocycles. The highest BCUT2D eigenvalue weighted by molar-refractivity contribution is 6.36. The SMILES string of the molecule is C=C1N=C(C)N=C1c1cc(C(C)=O)cc(Cl)c1NC(=O)NC. The highest BCUT2D eigenvalue weighted by Gasteiger charge is 2.22. The van der Waals surface area contributed by atoms with Gasteiger partial charge < -0.3 is 10.6 Å². The second kappa shape index (κ2) is 6.11. The Labute approximate surface area is 133 Å². The average Bonchev–Trinajstić information content (AvgIpc) is 2.79. The lowest BCUT2D eigenvalue weighted by Crippen LogP contribution is -2.26. The van der Waals surface area contributed by atoms with E-state index < -0.39 is 6.03 Å². The van der Waals surface area contributed by atoms with Gasteiger partial charge in [-0.1, -0.05) is 18.2 Å². The molecule has 0 unspecified atom stereocenters. The summed E-state index contributed by atoms with van der Waals surface area (Å²) in [5.41, 5.74) is 2.22. The Hall–Kier alpha value is -2.47. The third-order valence-corrected chi connectivity index (χ3v) is 3.36. The second-order valence-electron chi connectivity index (χ2n) is 4.71. The number of anilines is 1. The van der Waals surface area contributed by atoms with E-state index in [-0.39, 0.29) is 10.8 Å². The number of urea groups is 1. The van der Waals surface area contributed by atoms with Crippen molar-refractivity contribution in [2.45, 2.75) is 13.8 Å². The monoisotopic (exact) mass is 318 g/mol. The summed E-state index contributed by atoms with van der Waals surface area (Å²) >= 11 is 6.23. The van der Waals surface area contributed by atoms with Crippen LogP contribution in [0.4, 0.5) is 10.5 Å². The molecule has 0 aliphatic carbocycles. The zero-order valence-electron chi connectivity index (χ0n) is 12.5. The van der Waals surface area contributed by atoms with Gasteiger partial charge in [0, 0.05) is 18.2 Å². The molecule has 0 atom stereocenters. The molecule has 0 saturated carbocycles. The lowest BCUT2D eigenvalue weighted by Gasteiger charge is -2.14. The van der Waals surface area contributed by atoms with Crippen LogP contribution in [0.2, 0.25) is 5.02 Å². The Morgan fingerprint density at radius 3 is 2.45 bits per heavy atom. The lowest BCUT2D eigenvalue weighted by molar-refractivity contribution is 0.101. The number of amides is 2. The van der Waals surface area contributed by atoms with Crippen molar-refractivity contribution in [3.05, 3.63) is 40.6 Å². The van der Waals surface area contributed by atoms with Crippen molar-refractivity contribution in [2.24, 2.45) is 9.98 Å². The van der Waals surface area contributed by atoms with Gasteiger partial charge in [0.2, 0.25) is 0 Å². The number of halogens is 1. The van der Waals surface area contributed by atoms with E-state index >= 15 is 0 Å². The van der Waals surface area contributed by atoms with Crippen molar-refractivity contribution in [1.82, 2.24) is 5.32 Å². The van der Waals surface area contributed by atoms with Gasteiger partial charge in [0.1, 0.15) is 5.84 Å². The zero-order valence-corrected chi connectivity index (χ0v) is 13.2. The number of Topliss-reactive ketones (excluding diaryl/α,β-unsaturated/α-hetero) is 1. The number of hydrogen-bond donors (Lipinski definition) is 2. The Bertz CT molecular complexity index is 750. The Kier molecular flexibility index (Phi) is 4.42. The number of nitrogens with zero attached hydrogens (tertiary/aromatic N) is 2. The van der Waals surface area contributed by atoms with Crippen LogP contribution in [0, 0.1) is 0 Å². The van der Waals surface area contributed by atoms with E-state index in [1.54, 1.807) is 13.0 Å². The Balaban J connectivity index is 2.62.